The van der Waals surface area contributed by atoms with Crippen LogP contribution in [0.1, 0.15) is 10.4 Å². The van der Waals surface area contributed by atoms with E-state index in [1.807, 2.05) is 0 Å². The number of amides is 1. The topological polar surface area (TPSA) is 115 Å². The number of carbonyl (C=O) groups is 1. The second-order valence-corrected chi connectivity index (χ2v) is 5.39. The monoisotopic (exact) mass is 330 g/mol. The fourth-order valence-corrected chi connectivity index (χ4v) is 2.71. The van der Waals surface area contributed by atoms with Crippen LogP contribution in [0.2, 0.25) is 0 Å². The summed E-state index contributed by atoms with van der Waals surface area (Å²) in [6, 6.07) is 5.96. The smallest absolute Gasteiger partial charge is 0.284 e. The first-order valence-electron chi connectivity index (χ1n) is 6.44. The number of aromatic nitrogens is 4. The summed E-state index contributed by atoms with van der Waals surface area (Å²) >= 11 is 1.04. The molecule has 0 saturated heterocycles. The highest BCUT2D eigenvalue weighted by molar-refractivity contribution is 7.99. The highest BCUT2D eigenvalue weighted by atomic mass is 32.2. The minimum absolute atomic E-state index is 0.178. The first kappa shape index (κ1) is 14.9. The maximum absolute atomic E-state index is 11.6. The molecule has 3 rings (SSSR count). The van der Waals surface area contributed by atoms with Gasteiger partial charge >= 0.3 is 0 Å². The number of nitro groups is 1. The molecule has 9 nitrogen and oxygen atoms in total. The molecule has 0 spiro atoms. The molecular formula is C13H10N6O3S. The lowest BCUT2D eigenvalue weighted by molar-refractivity contribution is -0.387. The molecule has 2 heterocycles. The van der Waals surface area contributed by atoms with Gasteiger partial charge in [0.2, 0.25) is 5.16 Å². The van der Waals surface area contributed by atoms with Crippen molar-refractivity contribution in [2.24, 2.45) is 0 Å². The molecule has 1 aromatic carbocycles. The number of nitrogens with one attached hydrogen (secondary N) is 1. The lowest BCUT2D eigenvalue weighted by Gasteiger charge is -2.03. The normalized spacial score (nSPS) is 10.7. The van der Waals surface area contributed by atoms with E-state index in [2.05, 4.69) is 20.4 Å². The molecule has 1 amide bonds. The molecule has 0 aliphatic heterocycles. The van der Waals surface area contributed by atoms with Gasteiger partial charge in [0.1, 0.15) is 0 Å². The van der Waals surface area contributed by atoms with Crippen LogP contribution in [0.15, 0.2) is 46.7 Å². The molecule has 3 aromatic rings. The van der Waals surface area contributed by atoms with Gasteiger partial charge in [-0.1, -0.05) is 0 Å². The number of hydrogen-bond acceptors (Lipinski definition) is 7. The van der Waals surface area contributed by atoms with E-state index in [4.69, 9.17) is 0 Å². The highest BCUT2D eigenvalue weighted by Crippen LogP contribution is 2.33. The number of nitrogens with zero attached hydrogens (tertiary/aromatic N) is 5. The number of rotatable bonds is 4. The second-order valence-electron chi connectivity index (χ2n) is 4.38. The maximum Gasteiger partial charge on any atom is 0.284 e. The minimum atomic E-state index is -0.539. The average Bonchev–Trinajstić information content (AvgIpc) is 2.96. The third-order valence-corrected chi connectivity index (χ3v) is 3.86. The van der Waals surface area contributed by atoms with Gasteiger partial charge in [0.15, 0.2) is 0 Å². The van der Waals surface area contributed by atoms with Crippen LogP contribution in [0.4, 0.5) is 5.69 Å². The fourth-order valence-electron chi connectivity index (χ4n) is 1.89. The Morgan fingerprint density at radius 3 is 2.96 bits per heavy atom. The fraction of sp³-hybridized carbons (Fsp3) is 0.0769. The van der Waals surface area contributed by atoms with Gasteiger partial charge in [0.05, 0.1) is 9.82 Å². The van der Waals surface area contributed by atoms with E-state index >= 15 is 0 Å². The van der Waals surface area contributed by atoms with Crippen molar-refractivity contribution in [1.29, 1.82) is 0 Å². The molecule has 0 atom stereocenters. The molecular weight excluding hydrogens is 320 g/mol. The average molecular weight is 330 g/mol. The van der Waals surface area contributed by atoms with Gasteiger partial charge in [-0.2, -0.15) is 4.98 Å². The van der Waals surface area contributed by atoms with E-state index in [-0.39, 0.29) is 17.2 Å². The van der Waals surface area contributed by atoms with Crippen molar-refractivity contribution in [3.63, 3.8) is 0 Å². The van der Waals surface area contributed by atoms with Gasteiger partial charge in [-0.25, -0.2) is 9.50 Å². The zero-order chi connectivity index (χ0) is 16.4. The van der Waals surface area contributed by atoms with Crippen molar-refractivity contribution in [2.75, 3.05) is 7.05 Å². The predicted molar refractivity (Wildman–Crippen MR) is 81.4 cm³/mol. The van der Waals surface area contributed by atoms with Gasteiger partial charge < -0.3 is 5.32 Å². The van der Waals surface area contributed by atoms with Crippen LogP contribution in [-0.2, 0) is 0 Å². The van der Waals surface area contributed by atoms with E-state index in [0.717, 1.165) is 11.8 Å². The van der Waals surface area contributed by atoms with Crippen molar-refractivity contribution < 1.29 is 9.72 Å². The molecule has 10 heteroatoms. The number of nitro benzene ring substituents is 1. The van der Waals surface area contributed by atoms with Crippen molar-refractivity contribution in [3.8, 4) is 0 Å². The Bertz CT molecular complexity index is 877. The third-order valence-electron chi connectivity index (χ3n) is 2.94. The summed E-state index contributed by atoms with van der Waals surface area (Å²) in [5.74, 6) is 0.0133. The van der Waals surface area contributed by atoms with Crippen molar-refractivity contribution in [1.82, 2.24) is 24.9 Å². The summed E-state index contributed by atoms with van der Waals surface area (Å²) in [5.41, 5.74) is 0.0380. The first-order chi connectivity index (χ1) is 11.1. The lowest BCUT2D eigenvalue weighted by atomic mass is 10.2. The van der Waals surface area contributed by atoms with Crippen LogP contribution in [0.25, 0.3) is 5.78 Å². The van der Waals surface area contributed by atoms with E-state index in [1.54, 1.807) is 18.5 Å². The van der Waals surface area contributed by atoms with Crippen molar-refractivity contribution in [2.45, 2.75) is 10.1 Å². The molecule has 0 radical (unpaired) electrons. The standard InChI is InChI=1S/C13H10N6O3S/c1-14-11(20)8-3-4-10(9(7-8)19(21)22)23-13-16-12-15-5-2-6-18(12)17-13/h2-7H,1H3,(H,14,20). The van der Waals surface area contributed by atoms with Crippen LogP contribution < -0.4 is 5.32 Å². The Morgan fingerprint density at radius 2 is 2.26 bits per heavy atom. The number of carbonyl (C=O) groups excluding carboxylic acids is 1. The number of hydrogen-bond donors (Lipinski definition) is 1. The molecule has 1 N–H and O–H groups in total. The zero-order valence-electron chi connectivity index (χ0n) is 11.8. The third kappa shape index (κ3) is 2.97. The molecule has 0 fully saturated rings. The van der Waals surface area contributed by atoms with Crippen LogP contribution in [0, 0.1) is 10.1 Å². The number of benzene rings is 1. The van der Waals surface area contributed by atoms with Gasteiger partial charge in [0, 0.05) is 31.1 Å². The highest BCUT2D eigenvalue weighted by Gasteiger charge is 2.19. The van der Waals surface area contributed by atoms with E-state index < -0.39 is 4.92 Å². The van der Waals surface area contributed by atoms with Gasteiger partial charge in [-0.05, 0) is 30.0 Å². The summed E-state index contributed by atoms with van der Waals surface area (Å²) in [6.45, 7) is 0. The quantitative estimate of drug-likeness (QED) is 0.570. The van der Waals surface area contributed by atoms with Crippen LogP contribution >= 0.6 is 11.8 Å². The summed E-state index contributed by atoms with van der Waals surface area (Å²) in [6.07, 6.45) is 3.27. The maximum atomic E-state index is 11.6. The molecule has 0 bridgehead atoms. The minimum Gasteiger partial charge on any atom is -0.355 e. The van der Waals surface area contributed by atoms with Crippen LogP contribution in [0.3, 0.4) is 0 Å². The molecule has 116 valence electrons. The Balaban J connectivity index is 1.98. The van der Waals surface area contributed by atoms with Gasteiger partial charge in [0.25, 0.3) is 17.4 Å². The SMILES string of the molecule is CNC(=O)c1ccc(Sc2nc3ncccn3n2)c([N+](=O)[O-])c1. The van der Waals surface area contributed by atoms with Crippen molar-refractivity contribution in [3.05, 3.63) is 52.3 Å². The largest absolute Gasteiger partial charge is 0.355 e. The Labute approximate surface area is 133 Å². The lowest BCUT2D eigenvalue weighted by Crippen LogP contribution is -2.17. The predicted octanol–water partition coefficient (Wildman–Crippen LogP) is 1.54. The Morgan fingerprint density at radius 1 is 1.43 bits per heavy atom. The second kappa shape index (κ2) is 6.01. The summed E-state index contributed by atoms with van der Waals surface area (Å²) in [7, 11) is 1.46. The van der Waals surface area contributed by atoms with Gasteiger partial charge in [-0.15, -0.1) is 5.10 Å². The Kier molecular flexibility index (Phi) is 3.89. The Hall–Kier alpha value is -3.01. The van der Waals surface area contributed by atoms with Crippen molar-refractivity contribution >= 4 is 29.1 Å². The van der Waals surface area contributed by atoms with Crippen LogP contribution in [0.5, 0.6) is 0 Å². The molecule has 2 aromatic heterocycles. The molecule has 0 aliphatic carbocycles. The molecule has 23 heavy (non-hydrogen) atoms. The zero-order valence-corrected chi connectivity index (χ0v) is 12.6. The molecule has 0 aliphatic rings. The number of fused-ring (bicyclic) bond motifs is 1. The van der Waals surface area contributed by atoms with E-state index in [0.29, 0.717) is 15.8 Å². The summed E-state index contributed by atoms with van der Waals surface area (Å²) < 4.78 is 1.48. The molecule has 0 saturated carbocycles. The first-order valence-corrected chi connectivity index (χ1v) is 7.26. The molecule has 0 unspecified atom stereocenters. The summed E-state index contributed by atoms with van der Waals surface area (Å²) in [4.78, 5) is 30.9. The van der Waals surface area contributed by atoms with Crippen LogP contribution in [-0.4, -0.2) is 37.5 Å². The summed E-state index contributed by atoms with van der Waals surface area (Å²) in [5, 5.41) is 18.2. The van der Waals surface area contributed by atoms with E-state index in [9.17, 15) is 14.9 Å². The van der Waals surface area contributed by atoms with Gasteiger partial charge in [-0.3, -0.25) is 14.9 Å². The van der Waals surface area contributed by atoms with E-state index in [1.165, 1.54) is 29.8 Å².